The smallest absolute Gasteiger partial charge is 0.258 e. The third-order valence-electron chi connectivity index (χ3n) is 2.60. The Bertz CT molecular complexity index is 420. The van der Waals surface area contributed by atoms with Crippen molar-refractivity contribution in [3.05, 3.63) is 5.56 Å². The molecule has 0 radical (unpaired) electrons. The van der Waals surface area contributed by atoms with Crippen molar-refractivity contribution in [1.29, 1.82) is 0 Å². The Labute approximate surface area is 117 Å². The topological polar surface area (TPSA) is 100 Å². The van der Waals surface area contributed by atoms with Crippen molar-refractivity contribution < 1.29 is 9.90 Å². The first-order valence-corrected chi connectivity index (χ1v) is 7.21. The lowest BCUT2D eigenvalue weighted by Gasteiger charge is -2.11. The van der Waals surface area contributed by atoms with Crippen molar-refractivity contribution in [1.82, 2.24) is 9.69 Å². The van der Waals surface area contributed by atoms with Gasteiger partial charge in [0.05, 0.1) is 6.10 Å². The van der Waals surface area contributed by atoms with Crippen LogP contribution in [0.2, 0.25) is 0 Å². The Morgan fingerprint density at radius 3 is 2.79 bits per heavy atom. The molecule has 0 spiro atoms. The minimum Gasteiger partial charge on any atom is -0.393 e. The number of nitrogens with one attached hydrogen (secondary N) is 2. The highest BCUT2D eigenvalue weighted by atomic mass is 32.1. The highest BCUT2D eigenvalue weighted by Gasteiger charge is 2.19. The molecule has 7 heteroatoms. The largest absolute Gasteiger partial charge is 0.393 e. The molecule has 0 fully saturated rings. The molecule has 1 amide bonds. The molecule has 1 heterocycles. The highest BCUT2D eigenvalue weighted by Crippen LogP contribution is 2.26. The summed E-state index contributed by atoms with van der Waals surface area (Å²) in [6.07, 6.45) is 1.01. The number of aliphatic hydroxyl groups is 1. The van der Waals surface area contributed by atoms with Crippen LogP contribution in [0.1, 0.15) is 44.0 Å². The molecule has 0 saturated carbocycles. The summed E-state index contributed by atoms with van der Waals surface area (Å²) in [5, 5.41) is 16.0. The second kappa shape index (κ2) is 7.30. The van der Waals surface area contributed by atoms with Gasteiger partial charge in [-0.25, -0.2) is 0 Å². The second-order valence-electron chi connectivity index (χ2n) is 4.68. The summed E-state index contributed by atoms with van der Waals surface area (Å²) < 4.78 is 4.00. The molecule has 1 aromatic rings. The molecule has 19 heavy (non-hydrogen) atoms. The van der Waals surface area contributed by atoms with Crippen LogP contribution < -0.4 is 16.4 Å². The molecule has 0 bridgehead atoms. The molecule has 0 aliphatic heterocycles. The first-order valence-electron chi connectivity index (χ1n) is 6.43. The molecule has 6 nitrogen and oxygen atoms in total. The molecule has 5 N–H and O–H groups in total. The Morgan fingerprint density at radius 1 is 1.53 bits per heavy atom. The molecule has 0 aliphatic rings. The van der Waals surface area contributed by atoms with Gasteiger partial charge < -0.3 is 21.5 Å². The van der Waals surface area contributed by atoms with Crippen molar-refractivity contribution in [2.75, 3.05) is 17.6 Å². The van der Waals surface area contributed by atoms with Crippen molar-refractivity contribution in [2.45, 2.75) is 45.8 Å². The summed E-state index contributed by atoms with van der Waals surface area (Å²) in [7, 11) is 0. The number of nitrogens with two attached hydrogens (primary N) is 1. The number of amides is 1. The Hall–Kier alpha value is -1.34. The summed E-state index contributed by atoms with van der Waals surface area (Å²) in [6.45, 7) is 6.28. The fourth-order valence-corrected chi connectivity index (χ4v) is 2.27. The van der Waals surface area contributed by atoms with Crippen LogP contribution in [-0.2, 0) is 0 Å². The first kappa shape index (κ1) is 15.7. The average Bonchev–Trinajstić information content (AvgIpc) is 2.69. The van der Waals surface area contributed by atoms with Gasteiger partial charge in [0.2, 0.25) is 0 Å². The molecular weight excluding hydrogens is 264 g/mol. The number of aliphatic hydroxyl groups excluding tert-OH is 1. The van der Waals surface area contributed by atoms with E-state index >= 15 is 0 Å². The van der Waals surface area contributed by atoms with Crippen molar-refractivity contribution in [3.8, 4) is 0 Å². The van der Waals surface area contributed by atoms with Crippen LogP contribution in [-0.4, -0.2) is 34.1 Å². The molecular formula is C12H22N4O2S. The fraction of sp³-hybridized carbons (Fsp3) is 0.667. The van der Waals surface area contributed by atoms with Crippen LogP contribution >= 0.6 is 11.5 Å². The van der Waals surface area contributed by atoms with Gasteiger partial charge in [0.15, 0.2) is 5.82 Å². The summed E-state index contributed by atoms with van der Waals surface area (Å²) >= 11 is 1.16. The van der Waals surface area contributed by atoms with Crippen LogP contribution in [0, 0.1) is 0 Å². The van der Waals surface area contributed by atoms with E-state index < -0.39 is 0 Å². The van der Waals surface area contributed by atoms with E-state index in [9.17, 15) is 9.90 Å². The predicted molar refractivity (Wildman–Crippen MR) is 78.5 cm³/mol. The predicted octanol–water partition coefficient (Wildman–Crippen LogP) is 1.44. The molecule has 108 valence electrons. The van der Waals surface area contributed by atoms with Gasteiger partial charge in [-0.1, -0.05) is 6.92 Å². The maximum Gasteiger partial charge on any atom is 0.258 e. The molecule has 0 aromatic carbocycles. The summed E-state index contributed by atoms with van der Waals surface area (Å²) in [5.41, 5.74) is 6.12. The van der Waals surface area contributed by atoms with Gasteiger partial charge >= 0.3 is 0 Å². The number of hydrogen-bond donors (Lipinski definition) is 4. The zero-order valence-corrected chi connectivity index (χ0v) is 12.4. The number of anilines is 2. The monoisotopic (exact) mass is 286 g/mol. The van der Waals surface area contributed by atoms with E-state index in [-0.39, 0.29) is 23.9 Å². The lowest BCUT2D eigenvalue weighted by atomic mass is 10.2. The summed E-state index contributed by atoms with van der Waals surface area (Å²) in [5.74, 6) is 0.0153. The Kier molecular flexibility index (Phi) is 6.04. The van der Waals surface area contributed by atoms with Crippen molar-refractivity contribution in [3.63, 3.8) is 0 Å². The minimum absolute atomic E-state index is 0.0431. The van der Waals surface area contributed by atoms with Gasteiger partial charge in [0.25, 0.3) is 5.91 Å². The maximum atomic E-state index is 12.0. The lowest BCUT2D eigenvalue weighted by Crippen LogP contribution is -2.31. The lowest BCUT2D eigenvalue weighted by molar-refractivity contribution is 0.0945. The van der Waals surface area contributed by atoms with Crippen LogP contribution in [0.25, 0.3) is 0 Å². The van der Waals surface area contributed by atoms with E-state index in [2.05, 4.69) is 15.0 Å². The second-order valence-corrected chi connectivity index (χ2v) is 5.45. The molecule has 1 rings (SSSR count). The third kappa shape index (κ3) is 4.68. The number of carbonyl (C=O) groups excluding carboxylic acids is 1. The molecule has 1 aromatic heterocycles. The van der Waals surface area contributed by atoms with Crippen LogP contribution in [0.5, 0.6) is 0 Å². The van der Waals surface area contributed by atoms with Crippen LogP contribution in [0.15, 0.2) is 0 Å². The van der Waals surface area contributed by atoms with Gasteiger partial charge in [-0.15, -0.1) is 0 Å². The van der Waals surface area contributed by atoms with E-state index in [0.717, 1.165) is 11.5 Å². The van der Waals surface area contributed by atoms with E-state index in [1.807, 2.05) is 20.8 Å². The number of aromatic nitrogens is 1. The Balaban J connectivity index is 2.66. The van der Waals surface area contributed by atoms with E-state index in [1.165, 1.54) is 0 Å². The van der Waals surface area contributed by atoms with Crippen molar-refractivity contribution >= 4 is 28.3 Å². The van der Waals surface area contributed by atoms with Gasteiger partial charge in [-0.3, -0.25) is 4.79 Å². The van der Waals surface area contributed by atoms with E-state index in [0.29, 0.717) is 30.0 Å². The number of rotatable bonds is 7. The zero-order chi connectivity index (χ0) is 14.4. The molecule has 0 saturated heterocycles. The van der Waals surface area contributed by atoms with E-state index in [4.69, 9.17) is 5.73 Å². The van der Waals surface area contributed by atoms with Gasteiger partial charge in [-0.2, -0.15) is 4.37 Å². The standard InChI is InChI=1S/C12H22N4O2S/c1-4-8(17)5-6-14-12-9(10(13)16-19-12)11(18)15-7(2)3/h7-8,14,17H,4-6H2,1-3H3,(H2,13,16)(H,15,18). The highest BCUT2D eigenvalue weighted by molar-refractivity contribution is 7.11. The van der Waals surface area contributed by atoms with Crippen molar-refractivity contribution in [2.24, 2.45) is 0 Å². The van der Waals surface area contributed by atoms with Gasteiger partial charge in [0, 0.05) is 12.6 Å². The van der Waals surface area contributed by atoms with E-state index in [1.54, 1.807) is 0 Å². The number of carbonyl (C=O) groups is 1. The normalized spacial score (nSPS) is 12.5. The molecule has 1 atom stereocenters. The zero-order valence-electron chi connectivity index (χ0n) is 11.6. The number of nitrogen functional groups attached to an aromatic ring is 1. The third-order valence-corrected chi connectivity index (χ3v) is 3.42. The SMILES string of the molecule is CCC(O)CCNc1snc(N)c1C(=O)NC(C)C. The minimum atomic E-state index is -0.328. The maximum absolute atomic E-state index is 12.0. The number of hydrogen-bond acceptors (Lipinski definition) is 6. The van der Waals surface area contributed by atoms with Gasteiger partial charge in [-0.05, 0) is 38.2 Å². The average molecular weight is 286 g/mol. The van der Waals surface area contributed by atoms with Gasteiger partial charge in [0.1, 0.15) is 10.6 Å². The quantitative estimate of drug-likeness (QED) is 0.607. The first-order chi connectivity index (χ1) is 8.95. The van der Waals surface area contributed by atoms with Crippen LogP contribution in [0.3, 0.4) is 0 Å². The molecule has 1 unspecified atom stereocenters. The molecule has 0 aliphatic carbocycles. The summed E-state index contributed by atoms with van der Waals surface area (Å²) in [4.78, 5) is 12.0. The Morgan fingerprint density at radius 2 is 2.21 bits per heavy atom. The van der Waals surface area contributed by atoms with Crippen LogP contribution in [0.4, 0.5) is 10.8 Å². The summed E-state index contributed by atoms with van der Waals surface area (Å²) in [6, 6.07) is 0.0431. The number of nitrogens with zero attached hydrogens (tertiary/aromatic N) is 1. The fourth-order valence-electron chi connectivity index (χ4n) is 1.53.